The van der Waals surface area contributed by atoms with Crippen molar-refractivity contribution in [2.24, 2.45) is 0 Å². The van der Waals surface area contributed by atoms with Gasteiger partial charge in [0.2, 0.25) is 0 Å². The van der Waals surface area contributed by atoms with E-state index in [2.05, 4.69) is 4.98 Å². The first kappa shape index (κ1) is 11.8. The zero-order chi connectivity index (χ0) is 13.0. The maximum Gasteiger partial charge on any atom is 0.317 e. The molecule has 0 bridgehead atoms. The summed E-state index contributed by atoms with van der Waals surface area (Å²) in [5.41, 5.74) is 0.947. The first-order valence-electron chi connectivity index (χ1n) is 5.23. The van der Waals surface area contributed by atoms with Gasteiger partial charge < -0.3 is 5.11 Å². The number of nitro benzene ring substituents is 1. The number of aromatic nitrogens is 1. The minimum atomic E-state index is -0.596. The predicted octanol–water partition coefficient (Wildman–Crippen LogP) is 2.87. The fourth-order valence-electron chi connectivity index (χ4n) is 1.54. The lowest BCUT2D eigenvalue weighted by molar-refractivity contribution is -0.386. The summed E-state index contributed by atoms with van der Waals surface area (Å²) in [5, 5.41) is 20.3. The average molecular weight is 242 g/mol. The first-order chi connectivity index (χ1) is 8.68. The Kier molecular flexibility index (Phi) is 3.33. The summed E-state index contributed by atoms with van der Waals surface area (Å²) < 4.78 is 0. The van der Waals surface area contributed by atoms with Gasteiger partial charge in [0.1, 0.15) is 0 Å². The molecule has 0 saturated carbocycles. The molecule has 0 saturated heterocycles. The zero-order valence-electron chi connectivity index (χ0n) is 9.35. The topological polar surface area (TPSA) is 76.3 Å². The summed E-state index contributed by atoms with van der Waals surface area (Å²) in [6.07, 6.45) is 6.59. The third kappa shape index (κ3) is 2.52. The van der Waals surface area contributed by atoms with Gasteiger partial charge in [0.15, 0.2) is 5.75 Å². The summed E-state index contributed by atoms with van der Waals surface area (Å²) in [4.78, 5) is 14.1. The second-order valence-corrected chi connectivity index (χ2v) is 3.59. The summed E-state index contributed by atoms with van der Waals surface area (Å²) >= 11 is 0. The van der Waals surface area contributed by atoms with Crippen LogP contribution in [0.2, 0.25) is 0 Å². The molecule has 90 valence electrons. The van der Waals surface area contributed by atoms with Crippen molar-refractivity contribution < 1.29 is 10.0 Å². The summed E-state index contributed by atoms with van der Waals surface area (Å²) in [5.74, 6) is -0.336. The van der Waals surface area contributed by atoms with E-state index in [-0.39, 0.29) is 11.4 Å². The Morgan fingerprint density at radius 1 is 1.17 bits per heavy atom. The van der Waals surface area contributed by atoms with E-state index in [0.717, 1.165) is 5.56 Å². The van der Waals surface area contributed by atoms with Gasteiger partial charge >= 0.3 is 5.69 Å². The number of rotatable bonds is 3. The van der Waals surface area contributed by atoms with Gasteiger partial charge in [-0.1, -0.05) is 12.1 Å². The van der Waals surface area contributed by atoms with E-state index < -0.39 is 4.92 Å². The second kappa shape index (κ2) is 5.09. The van der Waals surface area contributed by atoms with Crippen LogP contribution in [0.25, 0.3) is 12.2 Å². The molecule has 0 aliphatic heterocycles. The smallest absolute Gasteiger partial charge is 0.317 e. The fourth-order valence-corrected chi connectivity index (χ4v) is 1.54. The van der Waals surface area contributed by atoms with Gasteiger partial charge in [-0.3, -0.25) is 15.1 Å². The van der Waals surface area contributed by atoms with Crippen molar-refractivity contribution in [3.8, 4) is 5.75 Å². The van der Waals surface area contributed by atoms with Crippen molar-refractivity contribution in [1.29, 1.82) is 0 Å². The molecule has 0 unspecified atom stereocenters. The molecule has 1 aromatic heterocycles. The predicted molar refractivity (Wildman–Crippen MR) is 67.9 cm³/mol. The van der Waals surface area contributed by atoms with Crippen LogP contribution >= 0.6 is 0 Å². The lowest BCUT2D eigenvalue weighted by atomic mass is 10.1. The van der Waals surface area contributed by atoms with Crippen LogP contribution in [-0.2, 0) is 0 Å². The Bertz CT molecular complexity index is 594. The Morgan fingerprint density at radius 2 is 1.89 bits per heavy atom. The molecular weight excluding hydrogens is 232 g/mol. The minimum absolute atomic E-state index is 0.289. The monoisotopic (exact) mass is 242 g/mol. The molecule has 2 rings (SSSR count). The summed E-state index contributed by atoms with van der Waals surface area (Å²) in [6.45, 7) is 0. The molecule has 5 nitrogen and oxygen atoms in total. The van der Waals surface area contributed by atoms with E-state index in [9.17, 15) is 15.2 Å². The standard InChI is InChI=1S/C13H10N2O3/c16-12-3-1-2-11(13(12)15(17)18)5-4-10-6-8-14-9-7-10/h1-9,16H. The molecular formula is C13H10N2O3. The molecule has 0 aliphatic carbocycles. The normalized spacial score (nSPS) is 10.7. The number of hydrogen-bond donors (Lipinski definition) is 1. The van der Waals surface area contributed by atoms with Crippen molar-refractivity contribution in [2.75, 3.05) is 0 Å². The van der Waals surface area contributed by atoms with Crippen LogP contribution in [0.4, 0.5) is 5.69 Å². The molecule has 2 aromatic rings. The van der Waals surface area contributed by atoms with Crippen LogP contribution in [0.5, 0.6) is 5.75 Å². The highest BCUT2D eigenvalue weighted by Gasteiger charge is 2.16. The Balaban J connectivity index is 2.38. The largest absolute Gasteiger partial charge is 0.502 e. The van der Waals surface area contributed by atoms with E-state index in [1.54, 1.807) is 48.8 Å². The van der Waals surface area contributed by atoms with Crippen LogP contribution in [-0.4, -0.2) is 15.0 Å². The molecule has 1 N–H and O–H groups in total. The summed E-state index contributed by atoms with van der Waals surface area (Å²) in [6, 6.07) is 8.00. The third-order valence-electron chi connectivity index (χ3n) is 2.39. The van der Waals surface area contributed by atoms with E-state index >= 15 is 0 Å². The maximum atomic E-state index is 10.9. The van der Waals surface area contributed by atoms with Crippen LogP contribution < -0.4 is 0 Å². The molecule has 0 fully saturated rings. The first-order valence-corrected chi connectivity index (χ1v) is 5.23. The van der Waals surface area contributed by atoms with E-state index in [0.29, 0.717) is 5.56 Å². The number of hydrogen-bond acceptors (Lipinski definition) is 4. The average Bonchev–Trinajstić information content (AvgIpc) is 2.37. The van der Waals surface area contributed by atoms with Crippen molar-refractivity contribution in [2.45, 2.75) is 0 Å². The molecule has 0 atom stereocenters. The lowest BCUT2D eigenvalue weighted by Gasteiger charge is -1.99. The number of phenolic OH excluding ortho intramolecular Hbond substituents is 1. The van der Waals surface area contributed by atoms with Crippen molar-refractivity contribution in [3.05, 3.63) is 64.0 Å². The van der Waals surface area contributed by atoms with Gasteiger partial charge in [-0.05, 0) is 35.9 Å². The van der Waals surface area contributed by atoms with Crippen LogP contribution in [0, 0.1) is 10.1 Å². The lowest BCUT2D eigenvalue weighted by Crippen LogP contribution is -1.91. The molecule has 1 heterocycles. The third-order valence-corrected chi connectivity index (χ3v) is 2.39. The minimum Gasteiger partial charge on any atom is -0.502 e. The number of nitrogens with zero attached hydrogens (tertiary/aromatic N) is 2. The quantitative estimate of drug-likeness (QED) is 0.663. The molecule has 0 aliphatic rings. The maximum absolute atomic E-state index is 10.9. The molecule has 5 heteroatoms. The van der Waals surface area contributed by atoms with Gasteiger partial charge in [0.25, 0.3) is 0 Å². The van der Waals surface area contributed by atoms with Crippen molar-refractivity contribution in [1.82, 2.24) is 4.98 Å². The highest BCUT2D eigenvalue weighted by atomic mass is 16.6. The summed E-state index contributed by atoms with van der Waals surface area (Å²) in [7, 11) is 0. The van der Waals surface area contributed by atoms with Crippen LogP contribution in [0.1, 0.15) is 11.1 Å². The van der Waals surface area contributed by atoms with E-state index in [1.165, 1.54) is 6.07 Å². The van der Waals surface area contributed by atoms with E-state index in [1.807, 2.05) is 0 Å². The molecule has 0 amide bonds. The van der Waals surface area contributed by atoms with E-state index in [4.69, 9.17) is 0 Å². The fraction of sp³-hybridized carbons (Fsp3) is 0. The van der Waals surface area contributed by atoms with Gasteiger partial charge in [0.05, 0.1) is 10.5 Å². The van der Waals surface area contributed by atoms with Crippen molar-refractivity contribution in [3.63, 3.8) is 0 Å². The van der Waals surface area contributed by atoms with Crippen molar-refractivity contribution >= 4 is 17.8 Å². The number of pyridine rings is 1. The highest BCUT2D eigenvalue weighted by Crippen LogP contribution is 2.30. The zero-order valence-corrected chi connectivity index (χ0v) is 9.35. The van der Waals surface area contributed by atoms with Gasteiger partial charge in [-0.2, -0.15) is 0 Å². The van der Waals surface area contributed by atoms with Crippen LogP contribution in [0.3, 0.4) is 0 Å². The molecule has 0 radical (unpaired) electrons. The Hall–Kier alpha value is -2.69. The molecule has 1 aromatic carbocycles. The van der Waals surface area contributed by atoms with Crippen LogP contribution in [0.15, 0.2) is 42.7 Å². The second-order valence-electron chi connectivity index (χ2n) is 3.59. The number of para-hydroxylation sites is 1. The van der Waals surface area contributed by atoms with Gasteiger partial charge in [-0.25, -0.2) is 0 Å². The molecule has 0 spiro atoms. The Morgan fingerprint density at radius 3 is 2.56 bits per heavy atom. The Labute approximate surface area is 103 Å². The number of benzene rings is 1. The van der Waals surface area contributed by atoms with Gasteiger partial charge in [0, 0.05) is 12.4 Å². The highest BCUT2D eigenvalue weighted by molar-refractivity contribution is 5.76. The number of nitro groups is 1. The SMILES string of the molecule is O=[N+]([O-])c1c(O)cccc1C=Cc1ccncc1. The number of aromatic hydroxyl groups is 1. The number of phenols is 1. The molecule has 18 heavy (non-hydrogen) atoms. The van der Waals surface area contributed by atoms with Gasteiger partial charge in [-0.15, -0.1) is 0 Å².